The highest BCUT2D eigenvalue weighted by atomic mass is 16.6. The van der Waals surface area contributed by atoms with Crippen LogP contribution in [0, 0.1) is 19.8 Å². The van der Waals surface area contributed by atoms with Gasteiger partial charge in [0.2, 0.25) is 0 Å². The lowest BCUT2D eigenvalue weighted by atomic mass is 10.0. The first-order chi connectivity index (χ1) is 11.0. The van der Waals surface area contributed by atoms with Gasteiger partial charge in [-0.1, -0.05) is 18.2 Å². The van der Waals surface area contributed by atoms with Crippen molar-refractivity contribution < 1.29 is 23.8 Å². The first-order valence-corrected chi connectivity index (χ1v) is 8.03. The average Bonchev–Trinajstić information content (AvgIpc) is 2.50. The number of aryl methyl sites for hydroxylation is 2. The Morgan fingerprint density at radius 2 is 1.52 bits per heavy atom. The fraction of sp³-hybridized carbons (Fsp3) is 0.556. The van der Waals surface area contributed by atoms with Crippen LogP contribution in [0.1, 0.15) is 37.8 Å². The molecule has 0 aliphatic heterocycles. The van der Waals surface area contributed by atoms with Crippen LogP contribution in [0.25, 0.3) is 0 Å². The first kappa shape index (κ1) is 19.0. The Morgan fingerprint density at radius 1 is 1.00 bits per heavy atom. The van der Waals surface area contributed by atoms with Crippen molar-refractivity contribution in [3.8, 4) is 5.75 Å². The van der Waals surface area contributed by atoms with Gasteiger partial charge in [-0.3, -0.25) is 9.59 Å². The van der Waals surface area contributed by atoms with E-state index in [0.29, 0.717) is 19.4 Å². The van der Waals surface area contributed by atoms with Gasteiger partial charge in [0.1, 0.15) is 5.75 Å². The van der Waals surface area contributed by atoms with Gasteiger partial charge in [-0.15, -0.1) is 0 Å². The molecule has 1 aromatic rings. The van der Waals surface area contributed by atoms with Crippen molar-refractivity contribution in [3.63, 3.8) is 0 Å². The van der Waals surface area contributed by atoms with E-state index < -0.39 is 17.9 Å². The van der Waals surface area contributed by atoms with E-state index in [1.807, 2.05) is 32.0 Å². The molecule has 0 aromatic heterocycles. The van der Waals surface area contributed by atoms with E-state index in [9.17, 15) is 9.59 Å². The van der Waals surface area contributed by atoms with Crippen LogP contribution in [0.3, 0.4) is 0 Å². The van der Waals surface area contributed by atoms with E-state index in [1.54, 1.807) is 13.8 Å². The summed E-state index contributed by atoms with van der Waals surface area (Å²) in [5.41, 5.74) is 2.13. The molecule has 0 saturated heterocycles. The summed E-state index contributed by atoms with van der Waals surface area (Å²) in [5.74, 6) is -1.08. The predicted octanol–water partition coefficient (Wildman–Crippen LogP) is 3.20. The van der Waals surface area contributed by atoms with Gasteiger partial charge in [0, 0.05) is 0 Å². The molecule has 0 fully saturated rings. The molecule has 0 atom stereocenters. The molecule has 0 N–H and O–H groups in total. The first-order valence-electron chi connectivity index (χ1n) is 8.03. The summed E-state index contributed by atoms with van der Waals surface area (Å²) in [6, 6.07) is 5.96. The SMILES string of the molecule is CCOC(=O)C(CCCOc1c(C)cccc1C)C(=O)OCC. The highest BCUT2D eigenvalue weighted by Gasteiger charge is 2.28. The van der Waals surface area contributed by atoms with Gasteiger partial charge >= 0.3 is 11.9 Å². The Balaban J connectivity index is 2.55. The molecule has 0 saturated carbocycles. The lowest BCUT2D eigenvalue weighted by molar-refractivity contribution is -0.162. The highest BCUT2D eigenvalue weighted by Crippen LogP contribution is 2.23. The molecule has 0 heterocycles. The summed E-state index contributed by atoms with van der Waals surface area (Å²) in [7, 11) is 0. The second-order valence-electron chi connectivity index (χ2n) is 5.27. The van der Waals surface area contributed by atoms with E-state index in [-0.39, 0.29) is 13.2 Å². The predicted molar refractivity (Wildman–Crippen MR) is 87.4 cm³/mol. The number of hydrogen-bond acceptors (Lipinski definition) is 5. The van der Waals surface area contributed by atoms with E-state index in [1.165, 1.54) is 0 Å². The highest BCUT2D eigenvalue weighted by molar-refractivity contribution is 5.94. The Morgan fingerprint density at radius 3 is 2.00 bits per heavy atom. The van der Waals surface area contributed by atoms with Crippen LogP contribution in [0.5, 0.6) is 5.75 Å². The molecule has 0 radical (unpaired) electrons. The molecule has 5 heteroatoms. The van der Waals surface area contributed by atoms with Gasteiger partial charge < -0.3 is 14.2 Å². The van der Waals surface area contributed by atoms with Crippen molar-refractivity contribution in [1.82, 2.24) is 0 Å². The minimum atomic E-state index is -0.878. The molecule has 1 rings (SSSR count). The second kappa shape index (κ2) is 9.87. The molecule has 23 heavy (non-hydrogen) atoms. The van der Waals surface area contributed by atoms with Crippen molar-refractivity contribution in [2.24, 2.45) is 5.92 Å². The number of para-hydroxylation sites is 1. The minimum absolute atomic E-state index is 0.244. The Labute approximate surface area is 137 Å². The normalized spacial score (nSPS) is 10.5. The van der Waals surface area contributed by atoms with E-state index in [4.69, 9.17) is 14.2 Å². The molecule has 5 nitrogen and oxygen atoms in total. The average molecular weight is 322 g/mol. The molecule has 1 aromatic carbocycles. The van der Waals surface area contributed by atoms with Crippen LogP contribution in [0.4, 0.5) is 0 Å². The van der Waals surface area contributed by atoms with E-state index in [0.717, 1.165) is 16.9 Å². The smallest absolute Gasteiger partial charge is 0.320 e. The Hall–Kier alpha value is -2.04. The Kier molecular flexibility index (Phi) is 8.16. The van der Waals surface area contributed by atoms with Gasteiger partial charge in [-0.25, -0.2) is 0 Å². The molecular formula is C18H26O5. The molecule has 0 aliphatic rings. The Bertz CT molecular complexity index is 486. The molecule has 0 unspecified atom stereocenters. The van der Waals surface area contributed by atoms with Gasteiger partial charge in [0.25, 0.3) is 0 Å². The maximum atomic E-state index is 11.9. The molecule has 128 valence electrons. The largest absolute Gasteiger partial charge is 0.493 e. The van der Waals surface area contributed by atoms with Gasteiger partial charge in [0.05, 0.1) is 19.8 Å². The summed E-state index contributed by atoms with van der Waals surface area (Å²) >= 11 is 0. The van der Waals surface area contributed by atoms with Gasteiger partial charge in [-0.2, -0.15) is 0 Å². The lowest BCUT2D eigenvalue weighted by Gasteiger charge is -2.15. The van der Waals surface area contributed by atoms with Crippen molar-refractivity contribution in [2.45, 2.75) is 40.5 Å². The number of benzene rings is 1. The fourth-order valence-corrected chi connectivity index (χ4v) is 2.31. The maximum Gasteiger partial charge on any atom is 0.320 e. The van der Waals surface area contributed by atoms with Crippen molar-refractivity contribution in [1.29, 1.82) is 0 Å². The van der Waals surface area contributed by atoms with Crippen LogP contribution in [-0.2, 0) is 19.1 Å². The molecule has 0 aliphatic carbocycles. The fourth-order valence-electron chi connectivity index (χ4n) is 2.31. The molecule has 0 bridgehead atoms. The zero-order valence-corrected chi connectivity index (χ0v) is 14.4. The molecule has 0 spiro atoms. The monoisotopic (exact) mass is 322 g/mol. The molecular weight excluding hydrogens is 296 g/mol. The standard InChI is InChI=1S/C18H26O5/c1-5-21-17(19)15(18(20)22-6-2)11-8-12-23-16-13(3)9-7-10-14(16)4/h7,9-10,15H,5-6,8,11-12H2,1-4H3. The van der Waals surface area contributed by atoms with Crippen molar-refractivity contribution in [3.05, 3.63) is 29.3 Å². The van der Waals surface area contributed by atoms with Gasteiger partial charge in [-0.05, 0) is 51.7 Å². The summed E-state index contributed by atoms with van der Waals surface area (Å²) in [5, 5.41) is 0. The topological polar surface area (TPSA) is 61.8 Å². The number of carbonyl (C=O) groups is 2. The zero-order chi connectivity index (χ0) is 17.2. The van der Waals surface area contributed by atoms with Crippen LogP contribution in [0.15, 0.2) is 18.2 Å². The number of carbonyl (C=O) groups excluding carboxylic acids is 2. The van der Waals surface area contributed by atoms with Crippen LogP contribution >= 0.6 is 0 Å². The van der Waals surface area contributed by atoms with E-state index in [2.05, 4.69) is 0 Å². The summed E-state index contributed by atoms with van der Waals surface area (Å²) in [6.07, 6.45) is 0.915. The number of esters is 2. The third-order valence-electron chi connectivity index (χ3n) is 3.43. The van der Waals surface area contributed by atoms with Crippen LogP contribution in [0.2, 0.25) is 0 Å². The number of rotatable bonds is 9. The third kappa shape index (κ3) is 5.93. The van der Waals surface area contributed by atoms with Crippen LogP contribution < -0.4 is 4.74 Å². The maximum absolute atomic E-state index is 11.9. The molecule has 0 amide bonds. The second-order valence-corrected chi connectivity index (χ2v) is 5.27. The lowest BCUT2D eigenvalue weighted by Crippen LogP contribution is -2.28. The summed E-state index contributed by atoms with van der Waals surface area (Å²) in [6.45, 7) is 8.32. The van der Waals surface area contributed by atoms with Crippen LogP contribution in [-0.4, -0.2) is 31.8 Å². The quantitative estimate of drug-likeness (QED) is 0.397. The number of hydrogen-bond donors (Lipinski definition) is 0. The van der Waals surface area contributed by atoms with Gasteiger partial charge in [0.15, 0.2) is 5.92 Å². The zero-order valence-electron chi connectivity index (χ0n) is 14.4. The van der Waals surface area contributed by atoms with Crippen molar-refractivity contribution in [2.75, 3.05) is 19.8 Å². The minimum Gasteiger partial charge on any atom is -0.493 e. The summed E-state index contributed by atoms with van der Waals surface area (Å²) < 4.78 is 15.7. The number of ether oxygens (including phenoxy) is 3. The van der Waals surface area contributed by atoms with E-state index >= 15 is 0 Å². The van der Waals surface area contributed by atoms with Crippen molar-refractivity contribution >= 4 is 11.9 Å². The third-order valence-corrected chi connectivity index (χ3v) is 3.43. The summed E-state index contributed by atoms with van der Waals surface area (Å²) in [4.78, 5) is 23.7.